The summed E-state index contributed by atoms with van der Waals surface area (Å²) in [7, 11) is 0. The Balaban J connectivity index is 3.47. The number of carbonyl (C=O) groups is 1. The third-order valence-electron chi connectivity index (χ3n) is 8.36. The fourth-order valence-electron chi connectivity index (χ4n) is 5.41. The van der Waals surface area contributed by atoms with Gasteiger partial charge in [-0.2, -0.15) is 0 Å². The Labute approximate surface area is 292 Å². The number of esters is 1. The van der Waals surface area contributed by atoms with Crippen LogP contribution in [-0.2, 0) is 14.3 Å². The van der Waals surface area contributed by atoms with E-state index in [9.17, 15) is 9.90 Å². The molecule has 0 aromatic rings. The molecule has 0 aromatic carbocycles. The fraction of sp³-hybridized carbons (Fsp3) is 0.744. The zero-order valence-corrected chi connectivity index (χ0v) is 31.0. The van der Waals surface area contributed by atoms with Crippen molar-refractivity contribution in [1.82, 2.24) is 0 Å². The molecule has 0 spiro atoms. The maximum atomic E-state index is 12.1. The van der Waals surface area contributed by atoms with E-state index in [0.717, 1.165) is 51.4 Å². The van der Waals surface area contributed by atoms with Crippen LogP contribution in [0.3, 0.4) is 0 Å². The number of carbonyl (C=O) groups excluding carboxylic acids is 1. The van der Waals surface area contributed by atoms with Crippen molar-refractivity contribution in [2.45, 2.75) is 187 Å². The first kappa shape index (κ1) is 45.1. The van der Waals surface area contributed by atoms with Gasteiger partial charge in [-0.25, -0.2) is 0 Å². The van der Waals surface area contributed by atoms with E-state index in [1.165, 1.54) is 109 Å². The zero-order valence-electron chi connectivity index (χ0n) is 31.0. The first-order chi connectivity index (χ1) is 23.2. The molecule has 0 saturated heterocycles. The second-order valence-corrected chi connectivity index (χ2v) is 13.0. The van der Waals surface area contributed by atoms with E-state index in [0.29, 0.717) is 19.6 Å². The molecule has 47 heavy (non-hydrogen) atoms. The van der Waals surface area contributed by atoms with Crippen LogP contribution in [-0.4, -0.2) is 37.0 Å². The molecule has 4 nitrogen and oxygen atoms in total. The maximum absolute atomic E-state index is 12.1. The van der Waals surface area contributed by atoms with Gasteiger partial charge in [-0.1, -0.05) is 177 Å². The lowest BCUT2D eigenvalue weighted by molar-refractivity contribution is -0.154. The molecule has 4 heteroatoms. The topological polar surface area (TPSA) is 55.8 Å². The van der Waals surface area contributed by atoms with Gasteiger partial charge in [0.25, 0.3) is 0 Å². The molecule has 0 aromatic heterocycles. The average molecular weight is 657 g/mol. The Morgan fingerprint density at radius 2 is 0.957 bits per heavy atom. The van der Waals surface area contributed by atoms with Gasteiger partial charge in [0.15, 0.2) is 0 Å². The molecular weight excluding hydrogens is 580 g/mol. The van der Waals surface area contributed by atoms with E-state index >= 15 is 0 Å². The summed E-state index contributed by atoms with van der Waals surface area (Å²) in [5.74, 6) is -0.207. The van der Waals surface area contributed by atoms with Gasteiger partial charge >= 0.3 is 5.97 Å². The molecule has 1 N–H and O–H groups in total. The minimum Gasteiger partial charge on any atom is -0.457 e. The predicted molar refractivity (Wildman–Crippen MR) is 205 cm³/mol. The molecule has 0 aliphatic rings. The quantitative estimate of drug-likeness (QED) is 0.0414. The van der Waals surface area contributed by atoms with E-state index in [-0.39, 0.29) is 12.6 Å². The van der Waals surface area contributed by atoms with Crippen LogP contribution in [0.1, 0.15) is 181 Å². The van der Waals surface area contributed by atoms with E-state index in [2.05, 4.69) is 74.6 Å². The molecule has 0 radical (unpaired) electrons. The molecule has 1 atom stereocenters. The summed E-state index contributed by atoms with van der Waals surface area (Å²) < 4.78 is 11.1. The van der Waals surface area contributed by atoms with Crippen LogP contribution in [0.5, 0.6) is 0 Å². The van der Waals surface area contributed by atoms with Crippen LogP contribution in [0.25, 0.3) is 0 Å². The van der Waals surface area contributed by atoms with Crippen LogP contribution >= 0.6 is 0 Å². The average Bonchev–Trinajstić information content (AvgIpc) is 3.08. The van der Waals surface area contributed by atoms with Crippen LogP contribution in [0.2, 0.25) is 0 Å². The minimum atomic E-state index is -0.537. The van der Waals surface area contributed by atoms with Gasteiger partial charge in [-0.05, 0) is 57.8 Å². The van der Waals surface area contributed by atoms with Crippen molar-refractivity contribution in [2.75, 3.05) is 19.8 Å². The van der Waals surface area contributed by atoms with Crippen LogP contribution < -0.4 is 0 Å². The second-order valence-electron chi connectivity index (χ2n) is 13.0. The maximum Gasteiger partial charge on any atom is 0.306 e. The first-order valence-electron chi connectivity index (χ1n) is 19.9. The van der Waals surface area contributed by atoms with Crippen molar-refractivity contribution in [2.24, 2.45) is 0 Å². The Hall–Kier alpha value is -1.91. The largest absolute Gasteiger partial charge is 0.457 e. The summed E-state index contributed by atoms with van der Waals surface area (Å²) in [6, 6.07) is 0. The normalized spacial score (nSPS) is 13.0. The molecule has 0 fully saturated rings. The highest BCUT2D eigenvalue weighted by Gasteiger charge is 2.13. The molecule has 0 bridgehead atoms. The Bertz CT molecular complexity index is 779. The highest BCUT2D eigenvalue weighted by atomic mass is 16.6. The third-order valence-corrected chi connectivity index (χ3v) is 8.36. The Morgan fingerprint density at radius 1 is 0.532 bits per heavy atom. The Kier molecular flexibility index (Phi) is 38.6. The molecule has 0 heterocycles. The second kappa shape index (κ2) is 40.3. The lowest BCUT2D eigenvalue weighted by Gasteiger charge is -2.16. The number of aliphatic hydroxyl groups is 1. The van der Waals surface area contributed by atoms with Crippen molar-refractivity contribution in [3.05, 3.63) is 60.8 Å². The van der Waals surface area contributed by atoms with Crippen molar-refractivity contribution in [3.8, 4) is 0 Å². The number of hydrogen-bond acceptors (Lipinski definition) is 4. The van der Waals surface area contributed by atoms with Gasteiger partial charge in [-0.3, -0.25) is 4.79 Å². The number of aliphatic hydroxyl groups excluding tert-OH is 1. The van der Waals surface area contributed by atoms with E-state index in [4.69, 9.17) is 9.47 Å². The summed E-state index contributed by atoms with van der Waals surface area (Å²) in [5.41, 5.74) is 0. The van der Waals surface area contributed by atoms with Gasteiger partial charge in [0.05, 0.1) is 13.2 Å². The van der Waals surface area contributed by atoms with Gasteiger partial charge in [-0.15, -0.1) is 0 Å². The van der Waals surface area contributed by atoms with Crippen LogP contribution in [0, 0.1) is 0 Å². The van der Waals surface area contributed by atoms with Gasteiger partial charge < -0.3 is 14.6 Å². The summed E-state index contributed by atoms with van der Waals surface area (Å²) in [4.78, 5) is 12.1. The Morgan fingerprint density at radius 3 is 1.45 bits per heavy atom. The van der Waals surface area contributed by atoms with Gasteiger partial charge in [0, 0.05) is 13.0 Å². The summed E-state index contributed by atoms with van der Waals surface area (Å²) in [6.45, 7) is 5.20. The molecule has 272 valence electrons. The van der Waals surface area contributed by atoms with Crippen molar-refractivity contribution < 1.29 is 19.4 Å². The van der Waals surface area contributed by atoms with Crippen LogP contribution in [0.4, 0.5) is 0 Å². The van der Waals surface area contributed by atoms with E-state index < -0.39 is 6.10 Å². The van der Waals surface area contributed by atoms with Gasteiger partial charge in [0.1, 0.15) is 6.10 Å². The molecule has 0 saturated carbocycles. The minimum absolute atomic E-state index is 0.176. The fourth-order valence-corrected chi connectivity index (χ4v) is 5.41. The summed E-state index contributed by atoms with van der Waals surface area (Å²) >= 11 is 0. The molecular formula is C43H76O4. The molecule has 0 amide bonds. The van der Waals surface area contributed by atoms with E-state index in [1.54, 1.807) is 0 Å². The molecule has 0 aliphatic carbocycles. The number of hydrogen-bond donors (Lipinski definition) is 1. The lowest BCUT2D eigenvalue weighted by Crippen LogP contribution is -2.27. The lowest BCUT2D eigenvalue weighted by atomic mass is 10.1. The zero-order chi connectivity index (χ0) is 34.1. The van der Waals surface area contributed by atoms with Crippen molar-refractivity contribution in [3.63, 3.8) is 0 Å². The summed E-state index contributed by atoms with van der Waals surface area (Å²) in [6.07, 6.45) is 52.7. The number of ether oxygens (including phenoxy) is 2. The highest BCUT2D eigenvalue weighted by molar-refractivity contribution is 5.69. The third kappa shape index (κ3) is 38.4. The van der Waals surface area contributed by atoms with Gasteiger partial charge in [0.2, 0.25) is 0 Å². The molecule has 0 rings (SSSR count). The SMILES string of the molecule is CC/C=C\C/C=C\C/C=C\C/C=C\C/C=C\CCCCCCCCCCOCC(CO)OC(=O)CCCCCCCCCCCCC. The number of allylic oxidation sites excluding steroid dienone is 10. The number of rotatable bonds is 36. The standard InChI is InChI=1S/C43H76O4/c1-3-5-7-9-11-13-15-16-17-18-19-20-21-22-23-24-25-26-27-29-31-33-35-37-39-46-41-42(40-44)47-43(45)38-36-34-32-30-28-14-12-10-8-6-4-2/h5,7,11,13,16-17,19-20,22-23,42,44H,3-4,6,8-10,12,14-15,18,21,24-41H2,1-2H3/b7-5-,13-11-,17-16-,20-19-,23-22-. The monoisotopic (exact) mass is 657 g/mol. The molecule has 0 aliphatic heterocycles. The molecule has 1 unspecified atom stereocenters. The first-order valence-corrected chi connectivity index (χ1v) is 19.9. The van der Waals surface area contributed by atoms with Crippen LogP contribution in [0.15, 0.2) is 60.8 Å². The summed E-state index contributed by atoms with van der Waals surface area (Å²) in [5, 5.41) is 9.56. The highest BCUT2D eigenvalue weighted by Crippen LogP contribution is 2.13. The smallest absolute Gasteiger partial charge is 0.306 e. The van der Waals surface area contributed by atoms with Crippen molar-refractivity contribution in [1.29, 1.82) is 0 Å². The van der Waals surface area contributed by atoms with Crippen molar-refractivity contribution >= 4 is 5.97 Å². The predicted octanol–water partition coefficient (Wildman–Crippen LogP) is 12.9. The van der Waals surface area contributed by atoms with E-state index in [1.807, 2.05) is 0 Å². The number of unbranched alkanes of at least 4 members (excludes halogenated alkanes) is 18.